The molecule has 2 aromatic rings. The first-order valence-electron chi connectivity index (χ1n) is 9.07. The zero-order chi connectivity index (χ0) is 18.2. The van der Waals surface area contributed by atoms with Crippen molar-refractivity contribution in [2.45, 2.75) is 26.3 Å². The predicted molar refractivity (Wildman–Crippen MR) is 118 cm³/mol. The average molecular weight is 482 g/mol. The first kappa shape index (κ1) is 21.3. The van der Waals surface area contributed by atoms with Gasteiger partial charge in [-0.05, 0) is 43.4 Å². The van der Waals surface area contributed by atoms with Crippen LogP contribution in [0.5, 0.6) is 17.4 Å². The maximum atomic E-state index is 5.84. The van der Waals surface area contributed by atoms with E-state index in [0.29, 0.717) is 30.5 Å². The molecule has 0 spiro atoms. The number of rotatable bonds is 8. The molecule has 0 aliphatic heterocycles. The van der Waals surface area contributed by atoms with E-state index in [1.807, 2.05) is 43.3 Å². The van der Waals surface area contributed by atoms with Crippen molar-refractivity contribution in [2.24, 2.45) is 10.9 Å². The van der Waals surface area contributed by atoms with Crippen LogP contribution in [0.2, 0.25) is 0 Å². The van der Waals surface area contributed by atoms with E-state index in [4.69, 9.17) is 9.47 Å². The smallest absolute Gasteiger partial charge is 0.219 e. The van der Waals surface area contributed by atoms with Gasteiger partial charge in [-0.25, -0.2) is 4.98 Å². The summed E-state index contributed by atoms with van der Waals surface area (Å²) in [5.74, 6) is 3.55. The van der Waals surface area contributed by atoms with E-state index in [-0.39, 0.29) is 24.0 Å². The van der Waals surface area contributed by atoms with Crippen LogP contribution in [-0.4, -0.2) is 31.1 Å². The van der Waals surface area contributed by atoms with Crippen LogP contribution >= 0.6 is 24.0 Å². The Balaban J connectivity index is 0.00000261. The number of hydrogen-bond acceptors (Lipinski definition) is 4. The summed E-state index contributed by atoms with van der Waals surface area (Å²) in [6.45, 7) is 4.19. The quantitative estimate of drug-likeness (QED) is 0.339. The second-order valence-corrected chi connectivity index (χ2v) is 6.24. The van der Waals surface area contributed by atoms with E-state index in [0.717, 1.165) is 24.0 Å². The molecular weight excluding hydrogens is 455 g/mol. The normalized spacial score (nSPS) is 13.5. The monoisotopic (exact) mass is 482 g/mol. The standard InChI is InChI=1S/C20H26N4O2.HI/c1-3-25-17-6-4-5-7-18(17)26-19-11-10-16(13-22-19)14-24-20(21-2)23-12-15-8-9-15;/h4-7,10-11,13,15H,3,8-9,12,14H2,1-2H3,(H2,21,23,24);1H. The van der Waals surface area contributed by atoms with Crippen molar-refractivity contribution in [2.75, 3.05) is 20.2 Å². The zero-order valence-corrected chi connectivity index (χ0v) is 18.1. The first-order chi connectivity index (χ1) is 12.8. The highest BCUT2D eigenvalue weighted by atomic mass is 127. The lowest BCUT2D eigenvalue weighted by Crippen LogP contribution is -2.37. The Morgan fingerprint density at radius 1 is 1.15 bits per heavy atom. The van der Waals surface area contributed by atoms with Gasteiger partial charge in [-0.2, -0.15) is 0 Å². The highest BCUT2D eigenvalue weighted by Crippen LogP contribution is 2.30. The number of benzene rings is 1. The van der Waals surface area contributed by atoms with Gasteiger partial charge in [0.2, 0.25) is 5.88 Å². The summed E-state index contributed by atoms with van der Waals surface area (Å²) in [6, 6.07) is 11.4. The molecule has 2 N–H and O–H groups in total. The lowest BCUT2D eigenvalue weighted by molar-refractivity contribution is 0.319. The Labute approximate surface area is 177 Å². The summed E-state index contributed by atoms with van der Waals surface area (Å²) in [5.41, 5.74) is 1.06. The molecule has 3 rings (SSSR count). The van der Waals surface area contributed by atoms with E-state index in [1.54, 1.807) is 13.2 Å². The fourth-order valence-electron chi connectivity index (χ4n) is 2.47. The van der Waals surface area contributed by atoms with Crippen LogP contribution < -0.4 is 20.1 Å². The number of pyridine rings is 1. The maximum Gasteiger partial charge on any atom is 0.219 e. The molecule has 1 aliphatic carbocycles. The van der Waals surface area contributed by atoms with Crippen LogP contribution in [0.1, 0.15) is 25.3 Å². The zero-order valence-electron chi connectivity index (χ0n) is 15.8. The van der Waals surface area contributed by atoms with E-state index in [9.17, 15) is 0 Å². The lowest BCUT2D eigenvalue weighted by Gasteiger charge is -2.12. The van der Waals surface area contributed by atoms with Gasteiger partial charge in [-0.15, -0.1) is 24.0 Å². The molecule has 0 amide bonds. The molecule has 7 heteroatoms. The maximum absolute atomic E-state index is 5.84. The summed E-state index contributed by atoms with van der Waals surface area (Å²) in [4.78, 5) is 8.62. The number of ether oxygens (including phenoxy) is 2. The number of hydrogen-bond donors (Lipinski definition) is 2. The van der Waals surface area contributed by atoms with Gasteiger partial charge in [-0.3, -0.25) is 4.99 Å². The molecule has 1 aromatic heterocycles. The van der Waals surface area contributed by atoms with Gasteiger partial charge in [0.05, 0.1) is 6.61 Å². The number of nitrogens with one attached hydrogen (secondary N) is 2. The Morgan fingerprint density at radius 2 is 1.93 bits per heavy atom. The van der Waals surface area contributed by atoms with Gasteiger partial charge in [-0.1, -0.05) is 18.2 Å². The topological polar surface area (TPSA) is 67.8 Å². The molecule has 1 aliphatic rings. The van der Waals surface area contributed by atoms with Gasteiger partial charge in [0, 0.05) is 32.4 Å². The minimum Gasteiger partial charge on any atom is -0.490 e. The van der Waals surface area contributed by atoms with Crippen molar-refractivity contribution in [3.05, 3.63) is 48.2 Å². The summed E-state index contributed by atoms with van der Waals surface area (Å²) < 4.78 is 11.4. The summed E-state index contributed by atoms with van der Waals surface area (Å²) in [6.07, 6.45) is 4.45. The average Bonchev–Trinajstić information content (AvgIpc) is 3.49. The van der Waals surface area contributed by atoms with E-state index >= 15 is 0 Å². The van der Waals surface area contributed by atoms with Gasteiger partial charge in [0.25, 0.3) is 0 Å². The number of para-hydroxylation sites is 2. The minimum atomic E-state index is 0. The van der Waals surface area contributed by atoms with E-state index < -0.39 is 0 Å². The van der Waals surface area contributed by atoms with E-state index in [2.05, 4.69) is 20.6 Å². The molecule has 0 atom stereocenters. The number of aliphatic imine (C=N–C) groups is 1. The highest BCUT2D eigenvalue weighted by Gasteiger charge is 2.21. The third-order valence-corrected chi connectivity index (χ3v) is 4.10. The molecule has 0 bridgehead atoms. The Hall–Kier alpha value is -2.03. The summed E-state index contributed by atoms with van der Waals surface area (Å²) in [7, 11) is 1.78. The van der Waals surface area contributed by atoms with Crippen molar-refractivity contribution < 1.29 is 9.47 Å². The second-order valence-electron chi connectivity index (χ2n) is 6.24. The van der Waals surface area contributed by atoms with Gasteiger partial charge in [0.15, 0.2) is 17.5 Å². The first-order valence-corrected chi connectivity index (χ1v) is 9.07. The third-order valence-electron chi connectivity index (χ3n) is 4.10. The largest absolute Gasteiger partial charge is 0.490 e. The fraction of sp³-hybridized carbons (Fsp3) is 0.400. The van der Waals surface area contributed by atoms with Crippen LogP contribution in [-0.2, 0) is 6.54 Å². The molecule has 0 saturated heterocycles. The van der Waals surface area contributed by atoms with Crippen molar-refractivity contribution >= 4 is 29.9 Å². The summed E-state index contributed by atoms with van der Waals surface area (Å²) in [5, 5.41) is 6.65. The van der Waals surface area contributed by atoms with Crippen molar-refractivity contribution in [3.8, 4) is 17.4 Å². The molecule has 1 aromatic carbocycles. The number of aromatic nitrogens is 1. The van der Waals surface area contributed by atoms with E-state index in [1.165, 1.54) is 12.8 Å². The number of nitrogens with zero attached hydrogens (tertiary/aromatic N) is 2. The van der Waals surface area contributed by atoms with Crippen LogP contribution in [0.25, 0.3) is 0 Å². The van der Waals surface area contributed by atoms with Crippen molar-refractivity contribution in [3.63, 3.8) is 0 Å². The fourth-order valence-corrected chi connectivity index (χ4v) is 2.47. The summed E-state index contributed by atoms with van der Waals surface area (Å²) >= 11 is 0. The third kappa shape index (κ3) is 6.89. The molecule has 1 fully saturated rings. The van der Waals surface area contributed by atoms with Crippen LogP contribution in [0.15, 0.2) is 47.6 Å². The van der Waals surface area contributed by atoms with Crippen LogP contribution in [0.3, 0.4) is 0 Å². The van der Waals surface area contributed by atoms with Gasteiger partial charge < -0.3 is 20.1 Å². The molecule has 1 heterocycles. The number of halogens is 1. The molecular formula is C20H27IN4O2. The highest BCUT2D eigenvalue weighted by molar-refractivity contribution is 14.0. The molecule has 146 valence electrons. The molecule has 27 heavy (non-hydrogen) atoms. The SMILES string of the molecule is CCOc1ccccc1Oc1ccc(CNC(=NC)NCC2CC2)cn1.I. The Bertz CT molecular complexity index is 733. The Morgan fingerprint density at radius 3 is 2.56 bits per heavy atom. The van der Waals surface area contributed by atoms with Crippen molar-refractivity contribution in [1.29, 1.82) is 0 Å². The molecule has 0 radical (unpaired) electrons. The van der Waals surface area contributed by atoms with Crippen molar-refractivity contribution in [1.82, 2.24) is 15.6 Å². The minimum absolute atomic E-state index is 0. The molecule has 6 nitrogen and oxygen atoms in total. The molecule has 1 saturated carbocycles. The predicted octanol–water partition coefficient (Wildman–Crippen LogP) is 3.97. The van der Waals surface area contributed by atoms with Crippen LogP contribution in [0.4, 0.5) is 0 Å². The number of guanidine groups is 1. The molecule has 0 unspecified atom stereocenters. The second kappa shape index (κ2) is 11.0. The van der Waals surface area contributed by atoms with Crippen LogP contribution in [0, 0.1) is 5.92 Å². The van der Waals surface area contributed by atoms with Gasteiger partial charge >= 0.3 is 0 Å². The Kier molecular flexibility index (Phi) is 8.63. The lowest BCUT2D eigenvalue weighted by atomic mass is 10.3. The van der Waals surface area contributed by atoms with Gasteiger partial charge in [0.1, 0.15) is 0 Å².